The molecule has 1 nitrogen and oxygen atoms in total. The molecule has 0 spiro atoms. The van der Waals surface area contributed by atoms with E-state index in [1.54, 1.807) is 0 Å². The predicted octanol–water partition coefficient (Wildman–Crippen LogP) is 2.78. The van der Waals surface area contributed by atoms with E-state index in [1.807, 2.05) is 0 Å². The van der Waals surface area contributed by atoms with Gasteiger partial charge in [-0.1, -0.05) is 26.2 Å². The van der Waals surface area contributed by atoms with Crippen LogP contribution in [0.3, 0.4) is 0 Å². The molecule has 1 aliphatic carbocycles. The maximum atomic E-state index is 11.2. The van der Waals surface area contributed by atoms with Crippen LogP contribution in [-0.4, -0.2) is 6.10 Å². The van der Waals surface area contributed by atoms with Gasteiger partial charge in [0.1, 0.15) is 0 Å². The highest BCUT2D eigenvalue weighted by atomic mass is 16.3. The standard InChI is InChI=1S/C9H17O/c1-2-3-4-5-9(10)8-6-7-8/h8-9H,2-7H2,1H3. The summed E-state index contributed by atoms with van der Waals surface area (Å²) in [6, 6.07) is 0. The van der Waals surface area contributed by atoms with E-state index >= 15 is 0 Å². The first-order chi connectivity index (χ1) is 4.84. The summed E-state index contributed by atoms with van der Waals surface area (Å²) in [7, 11) is 0. The monoisotopic (exact) mass is 141 g/mol. The Hall–Kier alpha value is -0.0400. The van der Waals surface area contributed by atoms with Crippen LogP contribution in [0.5, 0.6) is 0 Å². The molecule has 1 fully saturated rings. The van der Waals surface area contributed by atoms with Crippen molar-refractivity contribution in [3.63, 3.8) is 0 Å². The molecular formula is C9H17O. The van der Waals surface area contributed by atoms with E-state index < -0.39 is 0 Å². The molecule has 0 saturated heterocycles. The summed E-state index contributed by atoms with van der Waals surface area (Å²) in [5.74, 6) is 0.567. The van der Waals surface area contributed by atoms with E-state index in [0.29, 0.717) is 5.92 Å². The fourth-order valence-electron chi connectivity index (χ4n) is 1.30. The average Bonchev–Trinajstić information content (AvgIpc) is 2.69. The van der Waals surface area contributed by atoms with Gasteiger partial charge in [0, 0.05) is 0 Å². The van der Waals surface area contributed by atoms with Crippen LogP contribution in [0.15, 0.2) is 0 Å². The molecule has 1 rings (SSSR count). The highest BCUT2D eigenvalue weighted by molar-refractivity contribution is 4.80. The molecule has 0 aromatic rings. The van der Waals surface area contributed by atoms with Crippen LogP contribution < -0.4 is 0 Å². The summed E-state index contributed by atoms with van der Waals surface area (Å²) in [6.45, 7) is 2.18. The van der Waals surface area contributed by atoms with Gasteiger partial charge in [0.25, 0.3) is 0 Å². The van der Waals surface area contributed by atoms with Crippen molar-refractivity contribution in [2.24, 2.45) is 5.92 Å². The third kappa shape index (κ3) is 2.70. The van der Waals surface area contributed by atoms with Crippen molar-refractivity contribution in [2.45, 2.75) is 51.6 Å². The van der Waals surface area contributed by atoms with Gasteiger partial charge in [-0.15, -0.1) is 0 Å². The summed E-state index contributed by atoms with van der Waals surface area (Å²) in [5.41, 5.74) is 0. The average molecular weight is 141 g/mol. The highest BCUT2D eigenvalue weighted by Gasteiger charge is 2.30. The van der Waals surface area contributed by atoms with Crippen molar-refractivity contribution in [3.8, 4) is 0 Å². The largest absolute Gasteiger partial charge is 0.233 e. The lowest BCUT2D eigenvalue weighted by molar-refractivity contribution is 0.0601. The summed E-state index contributed by atoms with van der Waals surface area (Å²) in [6.07, 6.45) is 6.76. The smallest absolute Gasteiger partial charge is 0.0958 e. The second kappa shape index (κ2) is 3.97. The molecule has 1 radical (unpaired) electrons. The van der Waals surface area contributed by atoms with Gasteiger partial charge in [-0.05, 0) is 25.2 Å². The Labute approximate surface area is 63.4 Å². The van der Waals surface area contributed by atoms with Crippen LogP contribution in [-0.2, 0) is 5.11 Å². The van der Waals surface area contributed by atoms with Gasteiger partial charge >= 0.3 is 0 Å². The van der Waals surface area contributed by atoms with Crippen molar-refractivity contribution < 1.29 is 5.11 Å². The third-order valence-electron chi connectivity index (χ3n) is 2.24. The fraction of sp³-hybridized carbons (Fsp3) is 1.00. The zero-order valence-electron chi connectivity index (χ0n) is 6.81. The van der Waals surface area contributed by atoms with E-state index in [4.69, 9.17) is 0 Å². The second-order valence-electron chi connectivity index (χ2n) is 3.37. The van der Waals surface area contributed by atoms with Crippen LogP contribution in [0.2, 0.25) is 0 Å². The molecule has 0 aromatic heterocycles. The van der Waals surface area contributed by atoms with E-state index in [1.165, 1.54) is 25.7 Å². The topological polar surface area (TPSA) is 19.9 Å². The molecule has 1 saturated carbocycles. The first-order valence-electron chi connectivity index (χ1n) is 4.50. The molecular weight excluding hydrogens is 124 g/mol. The van der Waals surface area contributed by atoms with Crippen LogP contribution in [0.25, 0.3) is 0 Å². The molecule has 10 heavy (non-hydrogen) atoms. The van der Waals surface area contributed by atoms with E-state index in [0.717, 1.165) is 12.8 Å². The number of unbranched alkanes of at least 4 members (excludes halogenated alkanes) is 2. The maximum absolute atomic E-state index is 11.2. The molecule has 1 aliphatic rings. The Morgan fingerprint density at radius 1 is 1.40 bits per heavy atom. The zero-order chi connectivity index (χ0) is 7.40. The molecule has 59 valence electrons. The lowest BCUT2D eigenvalue weighted by Gasteiger charge is -2.03. The molecule has 0 heterocycles. The first-order valence-corrected chi connectivity index (χ1v) is 4.50. The Kier molecular flexibility index (Phi) is 3.20. The quantitative estimate of drug-likeness (QED) is 0.525. The second-order valence-corrected chi connectivity index (χ2v) is 3.37. The minimum Gasteiger partial charge on any atom is -0.233 e. The number of rotatable bonds is 5. The summed E-state index contributed by atoms with van der Waals surface area (Å²) >= 11 is 0. The van der Waals surface area contributed by atoms with Crippen LogP contribution in [0.4, 0.5) is 0 Å². The lowest BCUT2D eigenvalue weighted by Crippen LogP contribution is -2.06. The van der Waals surface area contributed by atoms with Crippen LogP contribution in [0, 0.1) is 5.92 Å². The Morgan fingerprint density at radius 3 is 2.60 bits per heavy atom. The Balaban J connectivity index is 1.90. The minimum atomic E-state index is -0.216. The lowest BCUT2D eigenvalue weighted by atomic mass is 10.1. The SMILES string of the molecule is CCCCCC([O])C1CC1. The Morgan fingerprint density at radius 2 is 2.10 bits per heavy atom. The van der Waals surface area contributed by atoms with Crippen molar-refractivity contribution in [2.75, 3.05) is 0 Å². The molecule has 1 heteroatoms. The van der Waals surface area contributed by atoms with Crippen LogP contribution >= 0.6 is 0 Å². The Bertz CT molecular complexity index is 86.7. The highest BCUT2D eigenvalue weighted by Crippen LogP contribution is 2.34. The molecule has 0 aromatic carbocycles. The molecule has 1 atom stereocenters. The van der Waals surface area contributed by atoms with Gasteiger partial charge < -0.3 is 0 Å². The van der Waals surface area contributed by atoms with Gasteiger partial charge in [-0.2, -0.15) is 0 Å². The van der Waals surface area contributed by atoms with Gasteiger partial charge in [0.05, 0.1) is 6.10 Å². The van der Waals surface area contributed by atoms with Crippen LogP contribution in [0.1, 0.15) is 45.4 Å². The van der Waals surface area contributed by atoms with Gasteiger partial charge in [0.2, 0.25) is 0 Å². The molecule has 0 bridgehead atoms. The van der Waals surface area contributed by atoms with Crippen molar-refractivity contribution in [3.05, 3.63) is 0 Å². The zero-order valence-corrected chi connectivity index (χ0v) is 6.81. The van der Waals surface area contributed by atoms with Crippen molar-refractivity contribution in [1.29, 1.82) is 0 Å². The van der Waals surface area contributed by atoms with E-state index in [-0.39, 0.29) is 6.10 Å². The first kappa shape index (κ1) is 8.06. The summed E-state index contributed by atoms with van der Waals surface area (Å²) in [4.78, 5) is 0. The summed E-state index contributed by atoms with van der Waals surface area (Å²) < 4.78 is 0. The van der Waals surface area contributed by atoms with Crippen molar-refractivity contribution >= 4 is 0 Å². The van der Waals surface area contributed by atoms with Gasteiger partial charge in [-0.25, -0.2) is 5.11 Å². The molecule has 1 unspecified atom stereocenters. The molecule has 0 N–H and O–H groups in total. The molecule has 0 aliphatic heterocycles. The van der Waals surface area contributed by atoms with Crippen molar-refractivity contribution in [1.82, 2.24) is 0 Å². The third-order valence-corrected chi connectivity index (χ3v) is 2.24. The normalized spacial score (nSPS) is 21.0. The molecule has 0 amide bonds. The predicted molar refractivity (Wildman–Crippen MR) is 41.3 cm³/mol. The number of hydrogen-bond donors (Lipinski definition) is 0. The van der Waals surface area contributed by atoms with E-state index in [2.05, 4.69) is 6.92 Å². The fourth-order valence-corrected chi connectivity index (χ4v) is 1.30. The van der Waals surface area contributed by atoms with Gasteiger partial charge in [-0.3, -0.25) is 0 Å². The van der Waals surface area contributed by atoms with Gasteiger partial charge in [0.15, 0.2) is 0 Å². The summed E-state index contributed by atoms with van der Waals surface area (Å²) in [5, 5.41) is 11.2. The van der Waals surface area contributed by atoms with E-state index in [9.17, 15) is 5.11 Å². The minimum absolute atomic E-state index is 0.216. The maximum Gasteiger partial charge on any atom is 0.0958 e. The number of hydrogen-bond acceptors (Lipinski definition) is 0.